The number of aliphatic hydroxyl groups is 2. The SMILES string of the molecule is COCCCC[C@@](O)(c1cccc(Cl)c1)[C@@H]1CCCN([C@H](CN)[C@@H](O)C2CCCCC2)C1. The zero-order valence-electron chi connectivity index (χ0n) is 19.7. The second-order valence-corrected chi connectivity index (χ2v) is 10.3. The number of hydrogen-bond donors (Lipinski definition) is 3. The van der Waals surface area contributed by atoms with Gasteiger partial charge in [0.25, 0.3) is 0 Å². The summed E-state index contributed by atoms with van der Waals surface area (Å²) in [7, 11) is 1.72. The van der Waals surface area contributed by atoms with Crippen LogP contribution in [0.25, 0.3) is 0 Å². The Balaban J connectivity index is 1.77. The lowest BCUT2D eigenvalue weighted by Gasteiger charge is -2.47. The van der Waals surface area contributed by atoms with Crippen LogP contribution in [0.15, 0.2) is 24.3 Å². The molecule has 2 fully saturated rings. The zero-order chi connectivity index (χ0) is 23.0. The van der Waals surface area contributed by atoms with E-state index in [0.717, 1.165) is 57.2 Å². The molecule has 6 heteroatoms. The van der Waals surface area contributed by atoms with Crippen LogP contribution in [0.1, 0.15) is 69.8 Å². The number of rotatable bonds is 11. The number of unbranched alkanes of at least 4 members (excludes halogenated alkanes) is 1. The molecule has 0 aromatic heterocycles. The van der Waals surface area contributed by atoms with Crippen LogP contribution < -0.4 is 5.73 Å². The average molecular weight is 467 g/mol. The lowest BCUT2D eigenvalue weighted by Crippen LogP contribution is -2.56. The van der Waals surface area contributed by atoms with Gasteiger partial charge in [-0.2, -0.15) is 0 Å². The summed E-state index contributed by atoms with van der Waals surface area (Å²) >= 11 is 6.31. The predicted molar refractivity (Wildman–Crippen MR) is 131 cm³/mol. The molecule has 4 atom stereocenters. The molecule has 1 aliphatic carbocycles. The first kappa shape index (κ1) is 25.9. The predicted octanol–water partition coefficient (Wildman–Crippen LogP) is 4.32. The van der Waals surface area contributed by atoms with E-state index in [1.54, 1.807) is 7.11 Å². The fourth-order valence-electron chi connectivity index (χ4n) is 5.97. The van der Waals surface area contributed by atoms with Crippen LogP contribution in [0, 0.1) is 11.8 Å². The van der Waals surface area contributed by atoms with E-state index in [9.17, 15) is 10.2 Å². The number of piperidine rings is 1. The Morgan fingerprint density at radius 3 is 2.66 bits per heavy atom. The Hall–Kier alpha value is -0.690. The molecule has 3 rings (SSSR count). The number of benzene rings is 1. The highest BCUT2D eigenvalue weighted by atomic mass is 35.5. The highest BCUT2D eigenvalue weighted by Gasteiger charge is 2.42. The molecule has 0 radical (unpaired) electrons. The minimum atomic E-state index is -0.952. The van der Waals surface area contributed by atoms with Crippen molar-refractivity contribution in [3.8, 4) is 0 Å². The quantitative estimate of drug-likeness (QED) is 0.423. The number of methoxy groups -OCH3 is 1. The molecule has 1 aromatic carbocycles. The van der Waals surface area contributed by atoms with E-state index in [-0.39, 0.29) is 18.1 Å². The third-order valence-corrected chi connectivity index (χ3v) is 8.08. The summed E-state index contributed by atoms with van der Waals surface area (Å²) in [4.78, 5) is 2.36. The molecule has 0 bridgehead atoms. The van der Waals surface area contributed by atoms with Gasteiger partial charge in [0.1, 0.15) is 0 Å². The third-order valence-electron chi connectivity index (χ3n) is 7.85. The Morgan fingerprint density at radius 2 is 1.97 bits per heavy atom. The van der Waals surface area contributed by atoms with Crippen LogP contribution in [-0.2, 0) is 10.3 Å². The standard InChI is InChI=1S/C26H43ClN2O3/c1-32-16-6-5-14-26(31,21-11-7-13-23(27)17-21)22-12-8-15-29(19-22)24(18-28)25(30)20-9-3-2-4-10-20/h7,11,13,17,20,22,24-25,30-31H,2-6,8-10,12,14-16,18-19,28H2,1H3/t22-,24-,25+,26-/m1/s1. The maximum Gasteiger partial charge on any atom is 0.0937 e. The maximum atomic E-state index is 12.1. The summed E-state index contributed by atoms with van der Waals surface area (Å²) in [5, 5.41) is 23.9. The molecule has 5 nitrogen and oxygen atoms in total. The van der Waals surface area contributed by atoms with Crippen molar-refractivity contribution in [1.29, 1.82) is 0 Å². The molecule has 4 N–H and O–H groups in total. The fraction of sp³-hybridized carbons (Fsp3) is 0.769. The molecule has 0 amide bonds. The number of ether oxygens (including phenoxy) is 1. The van der Waals surface area contributed by atoms with E-state index in [1.165, 1.54) is 19.3 Å². The van der Waals surface area contributed by atoms with E-state index >= 15 is 0 Å². The Kier molecular flexibility index (Phi) is 10.3. The first-order valence-corrected chi connectivity index (χ1v) is 13.0. The van der Waals surface area contributed by atoms with Crippen LogP contribution in [0.4, 0.5) is 0 Å². The molecule has 1 aliphatic heterocycles. The van der Waals surface area contributed by atoms with Crippen molar-refractivity contribution in [2.45, 2.75) is 82.0 Å². The number of nitrogens with two attached hydrogens (primary N) is 1. The lowest BCUT2D eigenvalue weighted by molar-refractivity contribution is -0.0821. The second-order valence-electron chi connectivity index (χ2n) is 9.91. The minimum Gasteiger partial charge on any atom is -0.391 e. The smallest absolute Gasteiger partial charge is 0.0937 e. The van der Waals surface area contributed by atoms with Crippen molar-refractivity contribution >= 4 is 11.6 Å². The fourth-order valence-corrected chi connectivity index (χ4v) is 6.16. The van der Waals surface area contributed by atoms with Crippen LogP contribution in [0.2, 0.25) is 5.02 Å². The largest absolute Gasteiger partial charge is 0.391 e. The normalized spacial score (nSPS) is 24.7. The minimum absolute atomic E-state index is 0.0435. The number of nitrogens with zero attached hydrogens (tertiary/aromatic N) is 1. The van der Waals surface area contributed by atoms with Gasteiger partial charge < -0.3 is 20.7 Å². The van der Waals surface area contributed by atoms with Crippen LogP contribution in [0.5, 0.6) is 0 Å². The zero-order valence-corrected chi connectivity index (χ0v) is 20.5. The van der Waals surface area contributed by atoms with Gasteiger partial charge in [-0.25, -0.2) is 0 Å². The molecule has 1 saturated heterocycles. The number of aliphatic hydroxyl groups excluding tert-OH is 1. The number of likely N-dealkylation sites (tertiary alicyclic amines) is 1. The second kappa shape index (κ2) is 12.7. The molecular formula is C26H43ClN2O3. The molecule has 32 heavy (non-hydrogen) atoms. The van der Waals surface area contributed by atoms with Gasteiger partial charge in [-0.1, -0.05) is 43.0 Å². The van der Waals surface area contributed by atoms with Crippen LogP contribution >= 0.6 is 11.6 Å². The third kappa shape index (κ3) is 6.46. The van der Waals surface area contributed by atoms with Crippen LogP contribution in [-0.4, -0.2) is 60.6 Å². The molecular weight excluding hydrogens is 424 g/mol. The maximum absolute atomic E-state index is 12.1. The van der Waals surface area contributed by atoms with Gasteiger partial charge in [-0.3, -0.25) is 4.90 Å². The first-order valence-electron chi connectivity index (χ1n) is 12.6. The Morgan fingerprint density at radius 1 is 1.19 bits per heavy atom. The van der Waals surface area contributed by atoms with Gasteiger partial charge in [-0.15, -0.1) is 0 Å². The van der Waals surface area contributed by atoms with Crippen molar-refractivity contribution < 1.29 is 14.9 Å². The van der Waals surface area contributed by atoms with Crippen molar-refractivity contribution in [3.05, 3.63) is 34.9 Å². The van der Waals surface area contributed by atoms with E-state index in [1.807, 2.05) is 24.3 Å². The summed E-state index contributed by atoms with van der Waals surface area (Å²) in [5.41, 5.74) is 6.16. The topological polar surface area (TPSA) is 79.0 Å². The first-order chi connectivity index (χ1) is 15.5. The van der Waals surface area contributed by atoms with E-state index < -0.39 is 5.60 Å². The number of hydrogen-bond acceptors (Lipinski definition) is 5. The number of halogens is 1. The van der Waals surface area contributed by atoms with Crippen molar-refractivity contribution in [3.63, 3.8) is 0 Å². The molecule has 0 unspecified atom stereocenters. The van der Waals surface area contributed by atoms with Crippen LogP contribution in [0.3, 0.4) is 0 Å². The van der Waals surface area contributed by atoms with Gasteiger partial charge in [0.05, 0.1) is 11.7 Å². The summed E-state index contributed by atoms with van der Waals surface area (Å²) in [5.74, 6) is 0.420. The highest BCUT2D eigenvalue weighted by Crippen LogP contribution is 2.41. The summed E-state index contributed by atoms with van der Waals surface area (Å²) in [6.45, 7) is 2.83. The molecule has 0 spiro atoms. The molecule has 1 saturated carbocycles. The molecule has 2 aliphatic rings. The van der Waals surface area contributed by atoms with E-state index in [4.69, 9.17) is 22.1 Å². The Bertz CT molecular complexity index is 685. The van der Waals surface area contributed by atoms with Gasteiger partial charge >= 0.3 is 0 Å². The summed E-state index contributed by atoms with van der Waals surface area (Å²) in [6.07, 6.45) is 9.93. The van der Waals surface area contributed by atoms with Crippen molar-refractivity contribution in [2.75, 3.05) is 33.4 Å². The Labute approximate surface area is 199 Å². The van der Waals surface area contributed by atoms with Gasteiger partial charge in [-0.05, 0) is 75.1 Å². The lowest BCUT2D eigenvalue weighted by atomic mass is 9.73. The van der Waals surface area contributed by atoms with Crippen molar-refractivity contribution in [1.82, 2.24) is 4.90 Å². The van der Waals surface area contributed by atoms with E-state index in [0.29, 0.717) is 30.5 Å². The average Bonchev–Trinajstić information content (AvgIpc) is 2.83. The van der Waals surface area contributed by atoms with Gasteiger partial charge in [0.2, 0.25) is 0 Å². The van der Waals surface area contributed by atoms with Gasteiger partial charge in [0.15, 0.2) is 0 Å². The molecule has 1 aromatic rings. The van der Waals surface area contributed by atoms with Gasteiger partial charge in [0, 0.05) is 43.8 Å². The monoisotopic (exact) mass is 466 g/mol. The molecule has 1 heterocycles. The summed E-state index contributed by atoms with van der Waals surface area (Å²) in [6, 6.07) is 7.65. The summed E-state index contributed by atoms with van der Waals surface area (Å²) < 4.78 is 5.22. The van der Waals surface area contributed by atoms with Crippen molar-refractivity contribution in [2.24, 2.45) is 17.6 Å². The molecule has 182 valence electrons. The highest BCUT2D eigenvalue weighted by molar-refractivity contribution is 6.30. The van der Waals surface area contributed by atoms with E-state index in [2.05, 4.69) is 4.90 Å².